The van der Waals surface area contributed by atoms with Crippen LogP contribution in [0.25, 0.3) is 11.4 Å². The van der Waals surface area contributed by atoms with Crippen LogP contribution in [0.1, 0.15) is 28.5 Å². The molecule has 1 aromatic carbocycles. The molecule has 2 heterocycles. The van der Waals surface area contributed by atoms with Gasteiger partial charge < -0.3 is 10.2 Å². The lowest BCUT2D eigenvalue weighted by atomic mass is 10.1. The number of amides is 1. The van der Waals surface area contributed by atoms with Crippen molar-refractivity contribution in [2.24, 2.45) is 0 Å². The quantitative estimate of drug-likeness (QED) is 0.712. The Bertz CT molecular complexity index is 941. The van der Waals surface area contributed by atoms with Crippen molar-refractivity contribution in [3.63, 3.8) is 0 Å². The van der Waals surface area contributed by atoms with E-state index in [0.29, 0.717) is 17.8 Å². The number of hydrogen-bond acceptors (Lipinski definition) is 6. The second kappa shape index (κ2) is 8.56. The fourth-order valence-corrected chi connectivity index (χ4v) is 2.90. The van der Waals surface area contributed by atoms with Gasteiger partial charge in [0.1, 0.15) is 5.82 Å². The molecule has 0 aliphatic rings. The van der Waals surface area contributed by atoms with Crippen LogP contribution in [0.2, 0.25) is 0 Å². The van der Waals surface area contributed by atoms with Gasteiger partial charge in [0.15, 0.2) is 5.82 Å². The molecule has 0 saturated carbocycles. The van der Waals surface area contributed by atoms with Crippen LogP contribution in [0, 0.1) is 6.92 Å². The predicted octanol–water partition coefficient (Wildman–Crippen LogP) is 2.67. The van der Waals surface area contributed by atoms with Crippen LogP contribution in [0.3, 0.4) is 0 Å². The molecule has 3 rings (SSSR count). The van der Waals surface area contributed by atoms with Gasteiger partial charge in [-0.05, 0) is 26.0 Å². The van der Waals surface area contributed by atoms with E-state index in [1.54, 1.807) is 30.7 Å². The number of aromatic nitrogens is 4. The SMILES string of the molecule is Cc1cnc(-c2ccc(C(=O)N[C@@H](C)Cc3cnccn3)cc2)nc1N(C)C. The average molecular weight is 376 g/mol. The maximum atomic E-state index is 12.5. The molecule has 7 heteroatoms. The van der Waals surface area contributed by atoms with Gasteiger partial charge in [-0.15, -0.1) is 0 Å². The normalized spacial score (nSPS) is 11.7. The molecule has 2 aromatic heterocycles. The summed E-state index contributed by atoms with van der Waals surface area (Å²) in [4.78, 5) is 31.8. The summed E-state index contributed by atoms with van der Waals surface area (Å²) in [5.41, 5.74) is 3.32. The van der Waals surface area contributed by atoms with Crippen molar-refractivity contribution < 1.29 is 4.79 Å². The van der Waals surface area contributed by atoms with Crippen LogP contribution >= 0.6 is 0 Å². The molecule has 1 N–H and O–H groups in total. The predicted molar refractivity (Wildman–Crippen MR) is 109 cm³/mol. The van der Waals surface area contributed by atoms with E-state index < -0.39 is 0 Å². The lowest BCUT2D eigenvalue weighted by Gasteiger charge is -2.15. The Hall–Kier alpha value is -3.35. The molecule has 0 bridgehead atoms. The topological polar surface area (TPSA) is 83.9 Å². The third kappa shape index (κ3) is 4.68. The fourth-order valence-electron chi connectivity index (χ4n) is 2.90. The first-order valence-corrected chi connectivity index (χ1v) is 9.11. The highest BCUT2D eigenvalue weighted by Gasteiger charge is 2.12. The van der Waals surface area contributed by atoms with E-state index in [9.17, 15) is 4.79 Å². The maximum absolute atomic E-state index is 12.5. The zero-order chi connectivity index (χ0) is 20.1. The van der Waals surface area contributed by atoms with Crippen molar-refractivity contribution in [1.29, 1.82) is 0 Å². The zero-order valence-electron chi connectivity index (χ0n) is 16.5. The van der Waals surface area contributed by atoms with Crippen molar-refractivity contribution in [3.05, 3.63) is 65.9 Å². The molecule has 0 aliphatic heterocycles. The largest absolute Gasteiger partial charge is 0.362 e. The molecular formula is C21H24N6O. The second-order valence-corrected chi connectivity index (χ2v) is 6.95. The highest BCUT2D eigenvalue weighted by atomic mass is 16.1. The maximum Gasteiger partial charge on any atom is 0.251 e. The van der Waals surface area contributed by atoms with Crippen LogP contribution in [0.5, 0.6) is 0 Å². The number of aryl methyl sites for hydroxylation is 1. The van der Waals surface area contributed by atoms with Crippen LogP contribution in [0.15, 0.2) is 49.1 Å². The number of nitrogens with zero attached hydrogens (tertiary/aromatic N) is 5. The number of carbonyl (C=O) groups excluding carboxylic acids is 1. The standard InChI is InChI=1S/C21H24N6O/c1-14-12-24-19(26-20(14)27(3)4)16-5-7-17(8-6-16)21(28)25-15(2)11-18-13-22-9-10-23-18/h5-10,12-13,15H,11H2,1-4H3,(H,25,28)/t15-/m0/s1. The number of hydrogen-bond donors (Lipinski definition) is 1. The van der Waals surface area contributed by atoms with Crippen LogP contribution in [0.4, 0.5) is 5.82 Å². The van der Waals surface area contributed by atoms with Crippen LogP contribution in [-0.4, -0.2) is 46.0 Å². The molecule has 7 nitrogen and oxygen atoms in total. The molecule has 144 valence electrons. The van der Waals surface area contributed by atoms with Gasteiger partial charge in [-0.3, -0.25) is 14.8 Å². The third-order valence-corrected chi connectivity index (χ3v) is 4.28. The Morgan fingerprint density at radius 2 is 1.86 bits per heavy atom. The molecule has 28 heavy (non-hydrogen) atoms. The smallest absolute Gasteiger partial charge is 0.251 e. The summed E-state index contributed by atoms with van der Waals surface area (Å²) in [5, 5.41) is 2.99. The summed E-state index contributed by atoms with van der Waals surface area (Å²) in [6.45, 7) is 3.93. The van der Waals surface area contributed by atoms with E-state index in [0.717, 1.165) is 22.6 Å². The van der Waals surface area contributed by atoms with E-state index >= 15 is 0 Å². The monoisotopic (exact) mass is 376 g/mol. The first kappa shape index (κ1) is 19.4. The summed E-state index contributed by atoms with van der Waals surface area (Å²) >= 11 is 0. The second-order valence-electron chi connectivity index (χ2n) is 6.95. The number of anilines is 1. The molecule has 0 spiro atoms. The molecular weight excluding hydrogens is 352 g/mol. The summed E-state index contributed by atoms with van der Waals surface area (Å²) in [6, 6.07) is 7.27. The van der Waals surface area contributed by atoms with Crippen LogP contribution in [-0.2, 0) is 6.42 Å². The van der Waals surface area contributed by atoms with Gasteiger partial charge in [0.2, 0.25) is 0 Å². The molecule has 1 atom stereocenters. The average Bonchev–Trinajstić information content (AvgIpc) is 2.69. The van der Waals surface area contributed by atoms with Gasteiger partial charge in [0.25, 0.3) is 5.91 Å². The first-order valence-electron chi connectivity index (χ1n) is 9.11. The fraction of sp³-hybridized carbons (Fsp3) is 0.286. The van der Waals surface area contributed by atoms with Crippen molar-refractivity contribution in [2.75, 3.05) is 19.0 Å². The summed E-state index contributed by atoms with van der Waals surface area (Å²) < 4.78 is 0. The Morgan fingerprint density at radius 3 is 2.50 bits per heavy atom. The van der Waals surface area contributed by atoms with Crippen molar-refractivity contribution in [1.82, 2.24) is 25.3 Å². The van der Waals surface area contributed by atoms with Gasteiger partial charge in [0, 0.05) is 68.0 Å². The van der Waals surface area contributed by atoms with E-state index in [1.165, 1.54) is 0 Å². The highest BCUT2D eigenvalue weighted by molar-refractivity contribution is 5.94. The first-order chi connectivity index (χ1) is 13.4. The van der Waals surface area contributed by atoms with Gasteiger partial charge in [0.05, 0.1) is 5.69 Å². The molecule has 0 unspecified atom stereocenters. The Morgan fingerprint density at radius 1 is 1.11 bits per heavy atom. The van der Waals surface area contributed by atoms with Crippen molar-refractivity contribution >= 4 is 11.7 Å². The molecule has 0 radical (unpaired) electrons. The zero-order valence-corrected chi connectivity index (χ0v) is 16.5. The molecule has 0 saturated heterocycles. The van der Waals surface area contributed by atoms with Gasteiger partial charge in [-0.2, -0.15) is 0 Å². The van der Waals surface area contributed by atoms with E-state index in [4.69, 9.17) is 0 Å². The third-order valence-electron chi connectivity index (χ3n) is 4.28. The van der Waals surface area contributed by atoms with Gasteiger partial charge in [-0.1, -0.05) is 12.1 Å². The van der Waals surface area contributed by atoms with Crippen LogP contribution < -0.4 is 10.2 Å². The molecule has 3 aromatic rings. The van der Waals surface area contributed by atoms with E-state index in [1.807, 2.05) is 51.2 Å². The lowest BCUT2D eigenvalue weighted by Crippen LogP contribution is -2.34. The summed E-state index contributed by atoms with van der Waals surface area (Å²) in [6.07, 6.45) is 7.43. The molecule has 0 fully saturated rings. The van der Waals surface area contributed by atoms with E-state index in [-0.39, 0.29) is 11.9 Å². The van der Waals surface area contributed by atoms with Crippen molar-refractivity contribution in [2.45, 2.75) is 26.3 Å². The summed E-state index contributed by atoms with van der Waals surface area (Å²) in [7, 11) is 3.91. The van der Waals surface area contributed by atoms with Gasteiger partial charge in [-0.25, -0.2) is 9.97 Å². The number of nitrogens with one attached hydrogen (secondary N) is 1. The number of rotatable bonds is 6. The Labute approximate surface area is 164 Å². The minimum Gasteiger partial charge on any atom is -0.362 e. The van der Waals surface area contributed by atoms with E-state index in [2.05, 4.69) is 25.3 Å². The number of benzene rings is 1. The minimum atomic E-state index is -0.123. The molecule has 1 amide bonds. The Balaban J connectivity index is 1.68. The number of carbonyl (C=O) groups is 1. The van der Waals surface area contributed by atoms with Crippen molar-refractivity contribution in [3.8, 4) is 11.4 Å². The Kier molecular flexibility index (Phi) is 5.93. The van der Waals surface area contributed by atoms with Gasteiger partial charge >= 0.3 is 0 Å². The minimum absolute atomic E-state index is 0.0491. The summed E-state index contributed by atoms with van der Waals surface area (Å²) in [5.74, 6) is 1.39. The molecule has 0 aliphatic carbocycles. The highest BCUT2D eigenvalue weighted by Crippen LogP contribution is 2.21. The lowest BCUT2D eigenvalue weighted by molar-refractivity contribution is 0.0940.